The summed E-state index contributed by atoms with van der Waals surface area (Å²) in [6.07, 6.45) is 19.2. The maximum Gasteiger partial charge on any atom is 0.275 e. The summed E-state index contributed by atoms with van der Waals surface area (Å²) < 4.78 is 12.0. The highest BCUT2D eigenvalue weighted by atomic mass is 16.6. The van der Waals surface area contributed by atoms with Crippen LogP contribution in [0.5, 0.6) is 0 Å². The van der Waals surface area contributed by atoms with Gasteiger partial charge in [0.15, 0.2) is 5.82 Å². The normalized spacial score (nSPS) is 24.9. The monoisotopic (exact) mass is 537 g/mol. The van der Waals surface area contributed by atoms with Gasteiger partial charge in [0, 0.05) is 47.8 Å². The van der Waals surface area contributed by atoms with Crippen LogP contribution in [-0.2, 0) is 9.47 Å². The summed E-state index contributed by atoms with van der Waals surface area (Å²) in [6.45, 7) is 13.6. The first-order chi connectivity index (χ1) is 18.5. The van der Waals surface area contributed by atoms with E-state index in [1.807, 2.05) is 52.5 Å². The summed E-state index contributed by atoms with van der Waals surface area (Å²) in [5, 5.41) is 11.8. The molecule has 39 heavy (non-hydrogen) atoms. The Morgan fingerprint density at radius 2 is 1.36 bits per heavy atom. The molecule has 0 aromatic heterocycles. The Labute approximate surface area is 232 Å². The van der Waals surface area contributed by atoms with Crippen molar-refractivity contribution in [3.8, 4) is 0 Å². The number of nitrogens with zero attached hydrogens (tertiary/aromatic N) is 5. The zero-order chi connectivity index (χ0) is 28.2. The molecule has 0 aliphatic carbocycles. The van der Waals surface area contributed by atoms with Gasteiger partial charge in [0.1, 0.15) is 13.2 Å². The van der Waals surface area contributed by atoms with E-state index in [1.54, 1.807) is 9.80 Å². The van der Waals surface area contributed by atoms with Gasteiger partial charge >= 0.3 is 0 Å². The number of hydrogen-bond donors (Lipinski definition) is 0. The van der Waals surface area contributed by atoms with Gasteiger partial charge in [-0.2, -0.15) is 0 Å². The molecule has 0 spiro atoms. The van der Waals surface area contributed by atoms with Crippen LogP contribution in [0.4, 0.5) is 0 Å². The number of unbranched alkanes of at least 4 members (excludes halogenated alkanes) is 2. The lowest BCUT2D eigenvalue weighted by Crippen LogP contribution is -2.30. The third kappa shape index (κ3) is 6.99. The Morgan fingerprint density at radius 3 is 1.69 bits per heavy atom. The van der Waals surface area contributed by atoms with E-state index < -0.39 is 4.92 Å². The van der Waals surface area contributed by atoms with E-state index in [2.05, 4.69) is 26.0 Å². The van der Waals surface area contributed by atoms with E-state index in [0.717, 1.165) is 55.9 Å². The van der Waals surface area contributed by atoms with Crippen molar-refractivity contribution < 1.29 is 14.4 Å². The predicted octanol–water partition coefficient (Wildman–Crippen LogP) is 6.52. The summed E-state index contributed by atoms with van der Waals surface area (Å²) in [7, 11) is 0. The summed E-state index contributed by atoms with van der Waals surface area (Å²) in [5.74, 6) is 1.90. The predicted molar refractivity (Wildman–Crippen MR) is 154 cm³/mol. The van der Waals surface area contributed by atoms with Crippen LogP contribution in [0.15, 0.2) is 70.1 Å². The van der Waals surface area contributed by atoms with Gasteiger partial charge in [0.05, 0.1) is 16.0 Å². The van der Waals surface area contributed by atoms with Crippen molar-refractivity contribution >= 4 is 11.8 Å². The maximum absolute atomic E-state index is 11.8. The van der Waals surface area contributed by atoms with Crippen LogP contribution in [0, 0.1) is 22.0 Å². The van der Waals surface area contributed by atoms with Gasteiger partial charge in [-0.1, -0.05) is 51.7 Å². The van der Waals surface area contributed by atoms with Gasteiger partial charge in [0.2, 0.25) is 11.8 Å². The van der Waals surface area contributed by atoms with E-state index in [0.29, 0.717) is 30.8 Å². The van der Waals surface area contributed by atoms with E-state index in [4.69, 9.17) is 19.5 Å². The Kier molecular flexibility index (Phi) is 8.67. The molecule has 9 nitrogen and oxygen atoms in total. The lowest BCUT2D eigenvalue weighted by Gasteiger charge is -2.33. The Balaban J connectivity index is 1.72. The van der Waals surface area contributed by atoms with Crippen molar-refractivity contribution in [3.63, 3.8) is 0 Å². The van der Waals surface area contributed by atoms with Crippen molar-refractivity contribution in [1.82, 2.24) is 9.80 Å². The van der Waals surface area contributed by atoms with Crippen molar-refractivity contribution in [3.05, 3.63) is 70.2 Å². The Bertz CT molecular complexity index is 1080. The second kappa shape index (κ2) is 11.8. The molecule has 0 fully saturated rings. The number of nitro groups is 1. The van der Waals surface area contributed by atoms with Crippen LogP contribution in [-0.4, -0.2) is 50.8 Å². The number of ether oxygens (including phenoxy) is 2. The number of aliphatic imine (C=N–C) groups is 2. The molecular formula is C30H43N5O4. The molecule has 0 radical (unpaired) electrons. The molecule has 0 aromatic carbocycles. The third-order valence-electron chi connectivity index (χ3n) is 7.23. The zero-order valence-electron chi connectivity index (χ0n) is 24.2. The van der Waals surface area contributed by atoms with Crippen LogP contribution in [0.2, 0.25) is 0 Å². The lowest BCUT2D eigenvalue weighted by atomic mass is 9.91. The molecular weight excluding hydrogens is 494 g/mol. The molecule has 4 rings (SSSR count). The fraction of sp³-hybridized carbons (Fsp3) is 0.600. The highest BCUT2D eigenvalue weighted by molar-refractivity contribution is 5.96. The lowest BCUT2D eigenvalue weighted by molar-refractivity contribution is -0.405. The summed E-state index contributed by atoms with van der Waals surface area (Å²) >= 11 is 0. The van der Waals surface area contributed by atoms with Crippen LogP contribution < -0.4 is 0 Å². The van der Waals surface area contributed by atoms with Gasteiger partial charge in [-0.3, -0.25) is 10.1 Å². The topological polar surface area (TPSA) is 92.8 Å². The first kappa shape index (κ1) is 28.6. The molecule has 0 saturated carbocycles. The van der Waals surface area contributed by atoms with Gasteiger partial charge in [-0.25, -0.2) is 9.98 Å². The first-order valence-corrected chi connectivity index (χ1v) is 14.2. The standard InChI is InChI=1S/C30H43N5O4/c1-7-9-11-22-13-15-33(17-24(22)27-31-29(3,4)20-38-27)26(19-35(36)37)34-16-14-23(12-10-8-2)25(18-34)28-32-30(5,6)21-39-28/h13-19,22-23H,7-12,20-21H2,1-6H3. The van der Waals surface area contributed by atoms with Crippen LogP contribution in [0.1, 0.15) is 80.1 Å². The van der Waals surface area contributed by atoms with Crippen molar-refractivity contribution in [1.29, 1.82) is 0 Å². The third-order valence-corrected chi connectivity index (χ3v) is 7.23. The van der Waals surface area contributed by atoms with Crippen molar-refractivity contribution in [2.75, 3.05) is 13.2 Å². The molecule has 0 amide bonds. The van der Waals surface area contributed by atoms with Crippen LogP contribution in [0.3, 0.4) is 0 Å². The average Bonchev–Trinajstić information content (AvgIpc) is 3.45. The quantitative estimate of drug-likeness (QED) is 0.220. The summed E-state index contributed by atoms with van der Waals surface area (Å²) in [4.78, 5) is 24.7. The van der Waals surface area contributed by atoms with Gasteiger partial charge < -0.3 is 19.3 Å². The molecule has 0 N–H and O–H groups in total. The van der Waals surface area contributed by atoms with E-state index in [1.165, 1.54) is 0 Å². The maximum atomic E-state index is 11.8. The minimum absolute atomic E-state index is 0.135. The Hall–Kier alpha value is -3.36. The molecule has 9 heteroatoms. The minimum atomic E-state index is -0.413. The minimum Gasteiger partial charge on any atom is -0.475 e. The van der Waals surface area contributed by atoms with Gasteiger partial charge in [-0.05, 0) is 40.5 Å². The van der Waals surface area contributed by atoms with E-state index in [9.17, 15) is 10.1 Å². The van der Waals surface area contributed by atoms with Crippen LogP contribution >= 0.6 is 0 Å². The van der Waals surface area contributed by atoms with Crippen molar-refractivity contribution in [2.45, 2.75) is 91.1 Å². The van der Waals surface area contributed by atoms with Gasteiger partial charge in [-0.15, -0.1) is 0 Å². The molecule has 212 valence electrons. The fourth-order valence-corrected chi connectivity index (χ4v) is 5.07. The molecule has 2 atom stereocenters. The first-order valence-electron chi connectivity index (χ1n) is 14.2. The highest BCUT2D eigenvalue weighted by Gasteiger charge is 2.35. The fourth-order valence-electron chi connectivity index (χ4n) is 5.07. The number of allylic oxidation sites excluding steroid dienone is 2. The number of hydrogen-bond acceptors (Lipinski definition) is 8. The largest absolute Gasteiger partial charge is 0.475 e. The Morgan fingerprint density at radius 1 is 0.923 bits per heavy atom. The molecule has 4 heterocycles. The summed E-state index contributed by atoms with van der Waals surface area (Å²) in [6, 6.07) is 0. The SMILES string of the molecule is CCCCC1C=CN(C(=C[N+](=O)[O-])N2C=CC(CCCC)C(C3=NC(C)(C)CO3)=C2)C=C1C1=NC(C)(C)CO1. The molecule has 2 unspecified atom stereocenters. The zero-order valence-corrected chi connectivity index (χ0v) is 24.2. The molecule has 4 aliphatic rings. The molecule has 0 saturated heterocycles. The summed E-state index contributed by atoms with van der Waals surface area (Å²) in [5.41, 5.74) is 1.30. The second-order valence-electron chi connectivity index (χ2n) is 12.0. The number of rotatable bonds is 11. The second-order valence-corrected chi connectivity index (χ2v) is 12.0. The highest BCUT2D eigenvalue weighted by Crippen LogP contribution is 2.35. The molecule has 0 bridgehead atoms. The van der Waals surface area contributed by atoms with Gasteiger partial charge in [0.25, 0.3) is 6.20 Å². The smallest absolute Gasteiger partial charge is 0.275 e. The van der Waals surface area contributed by atoms with E-state index in [-0.39, 0.29) is 22.9 Å². The molecule has 4 aliphatic heterocycles. The molecule has 0 aromatic rings. The van der Waals surface area contributed by atoms with Crippen LogP contribution in [0.25, 0.3) is 0 Å². The van der Waals surface area contributed by atoms with E-state index >= 15 is 0 Å². The average molecular weight is 538 g/mol. The van der Waals surface area contributed by atoms with Crippen molar-refractivity contribution in [2.24, 2.45) is 21.8 Å².